The lowest BCUT2D eigenvalue weighted by molar-refractivity contribution is 0.126. The van der Waals surface area contributed by atoms with Gasteiger partial charge in [-0.15, -0.1) is 5.10 Å². The van der Waals surface area contributed by atoms with Crippen LogP contribution >= 0.6 is 0 Å². The van der Waals surface area contributed by atoms with Crippen LogP contribution in [0, 0.1) is 0 Å². The van der Waals surface area contributed by atoms with Crippen LogP contribution in [0.5, 0.6) is 0 Å². The second kappa shape index (κ2) is 6.06. The van der Waals surface area contributed by atoms with Gasteiger partial charge in [-0.25, -0.2) is 19.5 Å². The molecule has 1 saturated carbocycles. The quantitative estimate of drug-likeness (QED) is 0.589. The third-order valence-electron chi connectivity index (χ3n) is 5.00. The molecule has 1 aliphatic carbocycles. The fourth-order valence-electron chi connectivity index (χ4n) is 3.57. The van der Waals surface area contributed by atoms with Crippen molar-refractivity contribution in [3.63, 3.8) is 0 Å². The van der Waals surface area contributed by atoms with Crippen LogP contribution in [0.2, 0.25) is 0 Å². The van der Waals surface area contributed by atoms with Crippen molar-refractivity contribution in [2.45, 2.75) is 37.8 Å². The van der Waals surface area contributed by atoms with E-state index in [-0.39, 0.29) is 6.10 Å². The molecular formula is C18H19N7O. The minimum Gasteiger partial charge on any atom is -0.393 e. The second-order valence-electron chi connectivity index (χ2n) is 6.77. The Morgan fingerprint density at radius 1 is 1.04 bits per heavy atom. The summed E-state index contributed by atoms with van der Waals surface area (Å²) in [5.41, 5.74) is 2.94. The maximum Gasteiger partial charge on any atom is 0.241 e. The molecule has 4 aromatic rings. The van der Waals surface area contributed by atoms with Gasteiger partial charge in [-0.05, 0) is 31.7 Å². The molecule has 0 bridgehead atoms. The van der Waals surface area contributed by atoms with Gasteiger partial charge >= 0.3 is 0 Å². The highest BCUT2D eigenvalue weighted by atomic mass is 16.3. The first-order valence-corrected chi connectivity index (χ1v) is 8.84. The van der Waals surface area contributed by atoms with Gasteiger partial charge in [-0.2, -0.15) is 0 Å². The maximum atomic E-state index is 9.62. The van der Waals surface area contributed by atoms with Crippen LogP contribution in [0.1, 0.15) is 25.7 Å². The van der Waals surface area contributed by atoms with E-state index in [1.54, 1.807) is 6.20 Å². The average molecular weight is 349 g/mol. The number of hydrogen-bond donors (Lipinski definition) is 2. The highest BCUT2D eigenvalue weighted by Gasteiger charge is 2.20. The zero-order chi connectivity index (χ0) is 17.5. The molecule has 4 aromatic heterocycles. The number of nitrogens with one attached hydrogen (secondary N) is 1. The minimum atomic E-state index is -0.162. The topological polar surface area (TPSA) is 92.6 Å². The number of hydrogen-bond acceptors (Lipinski definition) is 6. The van der Waals surface area contributed by atoms with Crippen molar-refractivity contribution in [2.75, 3.05) is 5.32 Å². The second-order valence-corrected chi connectivity index (χ2v) is 6.77. The van der Waals surface area contributed by atoms with Crippen molar-refractivity contribution < 1.29 is 5.11 Å². The number of fused-ring (bicyclic) bond motifs is 2. The average Bonchev–Trinajstić information content (AvgIpc) is 3.29. The smallest absolute Gasteiger partial charge is 0.241 e. The zero-order valence-corrected chi connectivity index (χ0v) is 14.2. The molecule has 26 heavy (non-hydrogen) atoms. The summed E-state index contributed by atoms with van der Waals surface area (Å²) in [6.45, 7) is 0. The first-order valence-electron chi connectivity index (χ1n) is 8.84. The molecule has 8 nitrogen and oxygen atoms in total. The maximum absolute atomic E-state index is 9.62. The largest absolute Gasteiger partial charge is 0.393 e. The van der Waals surface area contributed by atoms with E-state index in [0.29, 0.717) is 17.8 Å². The molecule has 132 valence electrons. The van der Waals surface area contributed by atoms with Crippen molar-refractivity contribution in [3.8, 4) is 11.1 Å². The van der Waals surface area contributed by atoms with E-state index in [2.05, 4.69) is 25.4 Å². The van der Waals surface area contributed by atoms with E-state index in [0.717, 1.165) is 42.3 Å². The van der Waals surface area contributed by atoms with Gasteiger partial charge in [-0.1, -0.05) is 0 Å². The molecule has 0 aromatic carbocycles. The van der Waals surface area contributed by atoms with Gasteiger partial charge < -0.3 is 10.4 Å². The molecule has 0 aliphatic heterocycles. The molecule has 0 radical (unpaired) electrons. The fourth-order valence-corrected chi connectivity index (χ4v) is 3.57. The molecular weight excluding hydrogens is 330 g/mol. The summed E-state index contributed by atoms with van der Waals surface area (Å²) in [4.78, 5) is 13.0. The highest BCUT2D eigenvalue weighted by molar-refractivity contribution is 5.79. The number of rotatable bonds is 3. The molecule has 4 heterocycles. The Balaban J connectivity index is 1.44. The molecule has 8 heteroatoms. The Hall–Kier alpha value is -3.00. The van der Waals surface area contributed by atoms with E-state index in [1.165, 1.54) is 0 Å². The Morgan fingerprint density at radius 3 is 2.81 bits per heavy atom. The monoisotopic (exact) mass is 349 g/mol. The number of aliphatic hydroxyl groups is 1. The van der Waals surface area contributed by atoms with Gasteiger partial charge in [0.25, 0.3) is 0 Å². The van der Waals surface area contributed by atoms with Crippen LogP contribution in [-0.2, 0) is 0 Å². The first-order chi connectivity index (χ1) is 12.8. The lowest BCUT2D eigenvalue weighted by Crippen LogP contribution is -2.29. The number of aromatic nitrogens is 6. The molecule has 0 saturated heterocycles. The van der Waals surface area contributed by atoms with Gasteiger partial charge in [0.05, 0.1) is 17.8 Å². The van der Waals surface area contributed by atoms with Crippen molar-refractivity contribution in [3.05, 3.63) is 43.2 Å². The molecule has 1 aliphatic rings. The van der Waals surface area contributed by atoms with E-state index >= 15 is 0 Å². The van der Waals surface area contributed by atoms with Crippen LogP contribution in [0.15, 0.2) is 43.2 Å². The van der Waals surface area contributed by atoms with Crippen LogP contribution in [0.3, 0.4) is 0 Å². The molecule has 0 unspecified atom stereocenters. The summed E-state index contributed by atoms with van der Waals surface area (Å²) in [7, 11) is 0. The lowest BCUT2D eigenvalue weighted by atomic mass is 9.93. The predicted octanol–water partition coefficient (Wildman–Crippen LogP) is 2.15. The van der Waals surface area contributed by atoms with Crippen molar-refractivity contribution in [1.29, 1.82) is 0 Å². The Kier molecular flexibility index (Phi) is 3.56. The zero-order valence-electron chi connectivity index (χ0n) is 14.2. The summed E-state index contributed by atoms with van der Waals surface area (Å²) in [6.07, 6.45) is 14.6. The summed E-state index contributed by atoms with van der Waals surface area (Å²) in [6, 6.07) is 2.34. The van der Waals surface area contributed by atoms with Crippen LogP contribution in [0.4, 0.5) is 5.95 Å². The SMILES string of the molecule is OC1CCC(Nc2ncc3c(-c4cnc5nccn5c4)ccn3n2)CC1. The van der Waals surface area contributed by atoms with Gasteiger partial charge in [0, 0.05) is 48.2 Å². The van der Waals surface area contributed by atoms with Crippen molar-refractivity contribution in [2.24, 2.45) is 0 Å². The highest BCUT2D eigenvalue weighted by Crippen LogP contribution is 2.25. The summed E-state index contributed by atoms with van der Waals surface area (Å²) in [5.74, 6) is 1.29. The standard InChI is InChI=1S/C18H19N7O/c26-14-3-1-13(2-4-14)22-17-20-10-16-15(5-7-25(16)23-17)12-9-21-18-19-6-8-24(18)11-12/h5-11,13-14,26H,1-4H2,(H,22,23). The summed E-state index contributed by atoms with van der Waals surface area (Å²) >= 11 is 0. The van der Waals surface area contributed by atoms with Gasteiger partial charge in [0.2, 0.25) is 11.7 Å². The molecule has 0 spiro atoms. The van der Waals surface area contributed by atoms with Crippen LogP contribution < -0.4 is 5.32 Å². The van der Waals surface area contributed by atoms with Crippen LogP contribution in [0.25, 0.3) is 22.4 Å². The van der Waals surface area contributed by atoms with Crippen LogP contribution in [-0.4, -0.2) is 46.2 Å². The number of nitrogens with zero attached hydrogens (tertiary/aromatic N) is 6. The summed E-state index contributed by atoms with van der Waals surface area (Å²) < 4.78 is 3.73. The molecule has 1 fully saturated rings. The molecule has 0 atom stereocenters. The normalized spacial score (nSPS) is 20.7. The van der Waals surface area contributed by atoms with Gasteiger partial charge in [0.1, 0.15) is 0 Å². The van der Waals surface area contributed by atoms with E-state index in [9.17, 15) is 5.11 Å². The van der Waals surface area contributed by atoms with Crippen molar-refractivity contribution >= 4 is 17.2 Å². The van der Waals surface area contributed by atoms with E-state index < -0.39 is 0 Å². The number of imidazole rings is 1. The molecule has 5 rings (SSSR count). The van der Waals surface area contributed by atoms with Gasteiger partial charge in [-0.3, -0.25) is 4.40 Å². The lowest BCUT2D eigenvalue weighted by Gasteiger charge is -2.26. The Bertz CT molecular complexity index is 1060. The third kappa shape index (κ3) is 2.68. The third-order valence-corrected chi connectivity index (χ3v) is 5.00. The Labute approximate surface area is 149 Å². The molecule has 0 amide bonds. The number of aliphatic hydroxyl groups excluding tert-OH is 1. The first kappa shape index (κ1) is 15.3. The number of anilines is 1. The Morgan fingerprint density at radius 2 is 1.92 bits per heavy atom. The fraction of sp³-hybridized carbons (Fsp3) is 0.333. The van der Waals surface area contributed by atoms with Crippen molar-refractivity contribution in [1.82, 2.24) is 29.0 Å². The van der Waals surface area contributed by atoms with E-state index in [1.807, 2.05) is 46.0 Å². The summed E-state index contributed by atoms with van der Waals surface area (Å²) in [5, 5.41) is 17.6. The predicted molar refractivity (Wildman–Crippen MR) is 96.9 cm³/mol. The minimum absolute atomic E-state index is 0.162. The van der Waals surface area contributed by atoms with Gasteiger partial charge in [0.15, 0.2) is 0 Å². The van der Waals surface area contributed by atoms with E-state index in [4.69, 9.17) is 0 Å². The molecule has 2 N–H and O–H groups in total.